The number of rotatable bonds is 8. The number of carbonyl (C=O) groups is 1. The molecule has 1 saturated heterocycles. The van der Waals surface area contributed by atoms with Crippen LogP contribution in [0.2, 0.25) is 0 Å². The van der Waals surface area contributed by atoms with Gasteiger partial charge in [0.15, 0.2) is 6.61 Å². The minimum Gasteiger partial charge on any atom is -0.482 e. The molecule has 2 aromatic heterocycles. The van der Waals surface area contributed by atoms with Gasteiger partial charge in [-0.15, -0.1) is 11.3 Å². The first-order valence-electron chi connectivity index (χ1n) is 10.2. The molecule has 0 bridgehead atoms. The first-order valence-corrected chi connectivity index (χ1v) is 11.1. The van der Waals surface area contributed by atoms with Crippen LogP contribution in [0.15, 0.2) is 46.3 Å². The summed E-state index contributed by atoms with van der Waals surface area (Å²) in [5.74, 6) is 1.70. The molecule has 0 spiro atoms. The van der Waals surface area contributed by atoms with E-state index in [1.807, 2.05) is 22.4 Å². The highest BCUT2D eigenvalue weighted by molar-refractivity contribution is 7.13. The van der Waals surface area contributed by atoms with E-state index in [2.05, 4.69) is 21.1 Å². The fraction of sp³-hybridized carbons (Fsp3) is 0.364. The lowest BCUT2D eigenvalue weighted by Crippen LogP contribution is -2.50. The van der Waals surface area contributed by atoms with Gasteiger partial charge in [0, 0.05) is 32.6 Å². The van der Waals surface area contributed by atoms with Crippen molar-refractivity contribution in [3.8, 4) is 22.5 Å². The SMILES string of the molecule is N#Cc1ccccc1OCC(=O)N1CCN(CCCc2nc(-c3cccs3)no2)CC1. The summed E-state index contributed by atoms with van der Waals surface area (Å²) in [4.78, 5) is 22.1. The van der Waals surface area contributed by atoms with Gasteiger partial charge in [0.2, 0.25) is 11.7 Å². The van der Waals surface area contributed by atoms with Crippen LogP contribution in [-0.4, -0.2) is 65.2 Å². The summed E-state index contributed by atoms with van der Waals surface area (Å²) in [7, 11) is 0. The van der Waals surface area contributed by atoms with Crippen molar-refractivity contribution in [3.05, 3.63) is 53.2 Å². The molecule has 160 valence electrons. The predicted octanol–water partition coefficient (Wildman–Crippen LogP) is 2.83. The molecule has 1 amide bonds. The summed E-state index contributed by atoms with van der Waals surface area (Å²) in [6, 6.07) is 13.0. The molecule has 0 saturated carbocycles. The van der Waals surface area contributed by atoms with Crippen molar-refractivity contribution >= 4 is 17.2 Å². The van der Waals surface area contributed by atoms with Gasteiger partial charge in [-0.25, -0.2) is 0 Å². The maximum absolute atomic E-state index is 12.4. The van der Waals surface area contributed by atoms with Crippen molar-refractivity contribution in [1.29, 1.82) is 5.26 Å². The topological polar surface area (TPSA) is 95.5 Å². The summed E-state index contributed by atoms with van der Waals surface area (Å²) in [5, 5.41) is 15.1. The van der Waals surface area contributed by atoms with Gasteiger partial charge in [-0.2, -0.15) is 10.2 Å². The van der Waals surface area contributed by atoms with Gasteiger partial charge in [0.25, 0.3) is 5.91 Å². The number of piperazine rings is 1. The van der Waals surface area contributed by atoms with Crippen LogP contribution in [0.25, 0.3) is 10.7 Å². The zero-order valence-electron chi connectivity index (χ0n) is 17.1. The highest BCUT2D eigenvalue weighted by atomic mass is 32.1. The third-order valence-corrected chi connectivity index (χ3v) is 6.02. The van der Waals surface area contributed by atoms with E-state index in [9.17, 15) is 4.79 Å². The summed E-state index contributed by atoms with van der Waals surface area (Å²) in [6.07, 6.45) is 1.66. The fourth-order valence-electron chi connectivity index (χ4n) is 3.45. The van der Waals surface area contributed by atoms with E-state index >= 15 is 0 Å². The number of nitriles is 1. The van der Waals surface area contributed by atoms with E-state index in [4.69, 9.17) is 14.5 Å². The van der Waals surface area contributed by atoms with Gasteiger partial charge in [-0.1, -0.05) is 23.4 Å². The third kappa shape index (κ3) is 5.48. The molecule has 1 aliphatic heterocycles. The van der Waals surface area contributed by atoms with E-state index < -0.39 is 0 Å². The van der Waals surface area contributed by atoms with E-state index in [1.165, 1.54) is 0 Å². The molecule has 3 heterocycles. The van der Waals surface area contributed by atoms with E-state index in [0.717, 1.165) is 37.4 Å². The Morgan fingerprint density at radius 3 is 2.81 bits per heavy atom. The molecule has 3 aromatic rings. The minimum absolute atomic E-state index is 0.0531. The maximum Gasteiger partial charge on any atom is 0.260 e. The number of aromatic nitrogens is 2. The Kier molecular flexibility index (Phi) is 6.92. The monoisotopic (exact) mass is 437 g/mol. The number of para-hydroxylation sites is 1. The number of nitrogens with zero attached hydrogens (tertiary/aromatic N) is 5. The highest BCUT2D eigenvalue weighted by Crippen LogP contribution is 2.21. The molecule has 0 N–H and O–H groups in total. The molecule has 1 aromatic carbocycles. The van der Waals surface area contributed by atoms with Crippen LogP contribution in [-0.2, 0) is 11.2 Å². The van der Waals surface area contributed by atoms with Crippen LogP contribution < -0.4 is 4.74 Å². The number of thiophene rings is 1. The lowest BCUT2D eigenvalue weighted by atomic mass is 10.2. The predicted molar refractivity (Wildman–Crippen MR) is 116 cm³/mol. The third-order valence-electron chi connectivity index (χ3n) is 5.16. The van der Waals surface area contributed by atoms with Gasteiger partial charge in [0.1, 0.15) is 11.8 Å². The second kappa shape index (κ2) is 10.2. The number of benzene rings is 1. The van der Waals surface area contributed by atoms with Gasteiger partial charge >= 0.3 is 0 Å². The molecule has 0 atom stereocenters. The lowest BCUT2D eigenvalue weighted by molar-refractivity contribution is -0.135. The molecule has 0 unspecified atom stereocenters. The van der Waals surface area contributed by atoms with Crippen molar-refractivity contribution in [2.75, 3.05) is 39.3 Å². The van der Waals surface area contributed by atoms with Crippen LogP contribution >= 0.6 is 11.3 Å². The standard InChI is InChI=1S/C22H23N5O3S/c23-15-17-5-1-2-6-18(17)29-16-21(28)27-12-10-26(11-13-27)9-3-8-20-24-22(25-30-20)19-7-4-14-31-19/h1-2,4-7,14H,3,8-13,16H2. The summed E-state index contributed by atoms with van der Waals surface area (Å²) < 4.78 is 10.9. The van der Waals surface area contributed by atoms with Crippen molar-refractivity contribution in [1.82, 2.24) is 19.9 Å². The quantitative estimate of drug-likeness (QED) is 0.535. The molecule has 0 aliphatic carbocycles. The average molecular weight is 438 g/mol. The molecule has 31 heavy (non-hydrogen) atoms. The number of carbonyl (C=O) groups excluding carboxylic acids is 1. The molecule has 9 heteroatoms. The molecule has 8 nitrogen and oxygen atoms in total. The Labute approximate surface area is 184 Å². The zero-order chi connectivity index (χ0) is 21.5. The zero-order valence-corrected chi connectivity index (χ0v) is 17.9. The Balaban J connectivity index is 1.16. The number of hydrogen-bond donors (Lipinski definition) is 0. The second-order valence-corrected chi connectivity index (χ2v) is 8.16. The van der Waals surface area contributed by atoms with Gasteiger partial charge in [-0.3, -0.25) is 9.69 Å². The minimum atomic E-state index is -0.0561. The van der Waals surface area contributed by atoms with Crippen molar-refractivity contribution in [3.63, 3.8) is 0 Å². The Morgan fingerprint density at radius 1 is 1.19 bits per heavy atom. The van der Waals surface area contributed by atoms with Crippen LogP contribution in [0, 0.1) is 11.3 Å². The number of amides is 1. The summed E-state index contributed by atoms with van der Waals surface area (Å²) >= 11 is 1.59. The normalized spacial score (nSPS) is 14.4. The first kappa shape index (κ1) is 21.0. The molecule has 1 fully saturated rings. The molecule has 4 rings (SSSR count). The largest absolute Gasteiger partial charge is 0.482 e. The lowest BCUT2D eigenvalue weighted by Gasteiger charge is -2.34. The number of ether oxygens (including phenoxy) is 1. The fourth-order valence-corrected chi connectivity index (χ4v) is 4.10. The smallest absolute Gasteiger partial charge is 0.260 e. The van der Waals surface area contributed by atoms with Crippen molar-refractivity contribution in [2.45, 2.75) is 12.8 Å². The van der Waals surface area contributed by atoms with E-state index in [0.29, 0.717) is 36.1 Å². The van der Waals surface area contributed by atoms with Crippen LogP contribution in [0.3, 0.4) is 0 Å². The van der Waals surface area contributed by atoms with Gasteiger partial charge in [-0.05, 0) is 36.5 Å². The number of aryl methyl sites for hydroxylation is 1. The second-order valence-electron chi connectivity index (χ2n) is 7.21. The molecule has 0 radical (unpaired) electrons. The Morgan fingerprint density at radius 2 is 2.03 bits per heavy atom. The van der Waals surface area contributed by atoms with E-state index in [1.54, 1.807) is 35.6 Å². The summed E-state index contributed by atoms with van der Waals surface area (Å²) in [6.45, 7) is 3.86. The Bertz CT molecular complexity index is 1040. The van der Waals surface area contributed by atoms with Gasteiger partial charge < -0.3 is 14.2 Å². The first-order chi connectivity index (χ1) is 15.2. The Hall–Kier alpha value is -3.22. The van der Waals surface area contributed by atoms with Crippen molar-refractivity contribution in [2.24, 2.45) is 0 Å². The maximum atomic E-state index is 12.4. The van der Waals surface area contributed by atoms with Crippen LogP contribution in [0.1, 0.15) is 17.9 Å². The van der Waals surface area contributed by atoms with E-state index in [-0.39, 0.29) is 12.5 Å². The number of hydrogen-bond acceptors (Lipinski definition) is 8. The molecule has 1 aliphatic rings. The summed E-state index contributed by atoms with van der Waals surface area (Å²) in [5.41, 5.74) is 0.434. The van der Waals surface area contributed by atoms with Crippen LogP contribution in [0.4, 0.5) is 0 Å². The van der Waals surface area contributed by atoms with Crippen molar-refractivity contribution < 1.29 is 14.1 Å². The molecular weight excluding hydrogens is 414 g/mol. The average Bonchev–Trinajstić information content (AvgIpc) is 3.50. The highest BCUT2D eigenvalue weighted by Gasteiger charge is 2.21. The van der Waals surface area contributed by atoms with Crippen LogP contribution in [0.5, 0.6) is 5.75 Å². The van der Waals surface area contributed by atoms with Gasteiger partial charge in [0.05, 0.1) is 10.4 Å². The molecular formula is C22H23N5O3S.